The number of benzene rings is 1. The molecule has 0 heterocycles. The van der Waals surface area contributed by atoms with E-state index in [9.17, 15) is 4.79 Å². The average molecular weight is 221 g/mol. The van der Waals surface area contributed by atoms with Crippen molar-refractivity contribution in [1.82, 2.24) is 5.32 Å². The van der Waals surface area contributed by atoms with Gasteiger partial charge in [0.2, 0.25) is 0 Å². The van der Waals surface area contributed by atoms with Crippen LogP contribution >= 0.6 is 0 Å². The number of Topliss-reactive ketones (excluding diaryl/α,β-unsaturated/α-hetero) is 1. The number of hydrogen-bond donors (Lipinski definition) is 1. The molecule has 1 aromatic carbocycles. The molecule has 1 N–H and O–H groups in total. The van der Waals surface area contributed by atoms with Gasteiger partial charge in [-0.05, 0) is 30.8 Å². The van der Waals surface area contributed by atoms with Crippen LogP contribution in [0, 0.1) is 5.92 Å². The third kappa shape index (κ3) is 3.35. The average Bonchev–Trinajstić information content (AvgIpc) is 2.35. The van der Waals surface area contributed by atoms with Crippen LogP contribution in [0.1, 0.15) is 24.2 Å². The summed E-state index contributed by atoms with van der Waals surface area (Å²) in [6, 6.07) is 7.24. The Bertz CT molecular complexity index is 332. The molecule has 0 spiro atoms. The summed E-state index contributed by atoms with van der Waals surface area (Å²) in [7, 11) is 1.62. The van der Waals surface area contributed by atoms with E-state index >= 15 is 0 Å². The highest BCUT2D eigenvalue weighted by atomic mass is 16.5. The van der Waals surface area contributed by atoms with Crippen molar-refractivity contribution in [3.8, 4) is 5.75 Å². The summed E-state index contributed by atoms with van der Waals surface area (Å²) >= 11 is 0. The standard InChI is InChI=1S/C13H19NO2/c1-4-14-9-10(2)13(15)11-5-7-12(16-3)8-6-11/h5-8,10,14H,4,9H2,1-3H3. The molecule has 0 aromatic heterocycles. The van der Waals surface area contributed by atoms with E-state index in [1.807, 2.05) is 38.1 Å². The molecule has 0 aliphatic carbocycles. The van der Waals surface area contributed by atoms with E-state index in [-0.39, 0.29) is 11.7 Å². The summed E-state index contributed by atoms with van der Waals surface area (Å²) in [5.74, 6) is 0.952. The van der Waals surface area contributed by atoms with Gasteiger partial charge in [-0.1, -0.05) is 13.8 Å². The van der Waals surface area contributed by atoms with Crippen molar-refractivity contribution in [1.29, 1.82) is 0 Å². The van der Waals surface area contributed by atoms with Crippen molar-refractivity contribution in [2.24, 2.45) is 5.92 Å². The van der Waals surface area contributed by atoms with Crippen LogP contribution < -0.4 is 10.1 Å². The van der Waals surface area contributed by atoms with Crippen LogP contribution in [0.3, 0.4) is 0 Å². The fraction of sp³-hybridized carbons (Fsp3) is 0.462. The van der Waals surface area contributed by atoms with Crippen LogP contribution in [0.4, 0.5) is 0 Å². The van der Waals surface area contributed by atoms with Crippen LogP contribution in [0.15, 0.2) is 24.3 Å². The van der Waals surface area contributed by atoms with Crippen molar-refractivity contribution in [3.63, 3.8) is 0 Å². The number of methoxy groups -OCH3 is 1. The molecule has 0 aliphatic rings. The monoisotopic (exact) mass is 221 g/mol. The molecule has 0 saturated heterocycles. The minimum atomic E-state index is 0.00773. The number of carbonyl (C=O) groups excluding carboxylic acids is 1. The topological polar surface area (TPSA) is 38.3 Å². The molecule has 0 saturated carbocycles. The van der Waals surface area contributed by atoms with E-state index in [1.54, 1.807) is 7.11 Å². The number of hydrogen-bond acceptors (Lipinski definition) is 3. The van der Waals surface area contributed by atoms with Gasteiger partial charge in [-0.2, -0.15) is 0 Å². The molecule has 1 aromatic rings. The molecule has 0 fully saturated rings. The molecular formula is C13H19NO2. The molecule has 1 unspecified atom stereocenters. The van der Waals surface area contributed by atoms with E-state index in [2.05, 4.69) is 5.32 Å². The van der Waals surface area contributed by atoms with Gasteiger partial charge in [0.1, 0.15) is 5.75 Å². The first-order valence-corrected chi connectivity index (χ1v) is 5.58. The molecule has 16 heavy (non-hydrogen) atoms. The molecule has 88 valence electrons. The third-order valence-electron chi connectivity index (χ3n) is 2.52. The number of ketones is 1. The summed E-state index contributed by atoms with van der Waals surface area (Å²) in [5.41, 5.74) is 0.742. The summed E-state index contributed by atoms with van der Waals surface area (Å²) in [4.78, 5) is 12.0. The Morgan fingerprint density at radius 3 is 2.50 bits per heavy atom. The van der Waals surface area contributed by atoms with Crippen LogP contribution in [0.25, 0.3) is 0 Å². The Balaban J connectivity index is 2.64. The van der Waals surface area contributed by atoms with Crippen molar-refractivity contribution in [3.05, 3.63) is 29.8 Å². The lowest BCUT2D eigenvalue weighted by atomic mass is 9.99. The lowest BCUT2D eigenvalue weighted by Gasteiger charge is -2.11. The largest absolute Gasteiger partial charge is 0.497 e. The molecule has 3 heteroatoms. The molecule has 0 aliphatic heterocycles. The van der Waals surface area contributed by atoms with E-state index in [0.717, 1.165) is 24.4 Å². The predicted octanol–water partition coefficient (Wildman–Crippen LogP) is 2.12. The number of ether oxygens (including phenoxy) is 1. The summed E-state index contributed by atoms with van der Waals surface area (Å²) < 4.78 is 5.05. The van der Waals surface area contributed by atoms with Gasteiger partial charge in [0.05, 0.1) is 7.11 Å². The van der Waals surface area contributed by atoms with E-state index in [0.29, 0.717) is 0 Å². The van der Waals surface area contributed by atoms with Crippen molar-refractivity contribution in [2.45, 2.75) is 13.8 Å². The van der Waals surface area contributed by atoms with Crippen LogP contribution in [0.5, 0.6) is 5.75 Å². The highest BCUT2D eigenvalue weighted by Gasteiger charge is 2.14. The van der Waals surface area contributed by atoms with Crippen LogP contribution in [0.2, 0.25) is 0 Å². The normalized spacial score (nSPS) is 12.2. The van der Waals surface area contributed by atoms with E-state index in [1.165, 1.54) is 0 Å². The van der Waals surface area contributed by atoms with Gasteiger partial charge in [-0.25, -0.2) is 0 Å². The van der Waals surface area contributed by atoms with Crippen LogP contribution in [-0.4, -0.2) is 26.0 Å². The van der Waals surface area contributed by atoms with Gasteiger partial charge in [0.15, 0.2) is 5.78 Å². The second-order valence-electron chi connectivity index (χ2n) is 3.80. The molecule has 1 atom stereocenters. The second-order valence-corrected chi connectivity index (χ2v) is 3.80. The molecular weight excluding hydrogens is 202 g/mol. The fourth-order valence-corrected chi connectivity index (χ4v) is 1.49. The Morgan fingerprint density at radius 2 is 2.00 bits per heavy atom. The SMILES string of the molecule is CCNCC(C)C(=O)c1ccc(OC)cc1. The smallest absolute Gasteiger partial charge is 0.166 e. The Labute approximate surface area is 96.8 Å². The highest BCUT2D eigenvalue weighted by Crippen LogP contribution is 2.14. The lowest BCUT2D eigenvalue weighted by molar-refractivity contribution is 0.0929. The Hall–Kier alpha value is -1.35. The number of rotatable bonds is 6. The summed E-state index contributed by atoms with van der Waals surface area (Å²) in [6.07, 6.45) is 0. The first-order chi connectivity index (χ1) is 7.69. The molecule has 3 nitrogen and oxygen atoms in total. The predicted molar refractivity (Wildman–Crippen MR) is 65.0 cm³/mol. The molecule has 0 amide bonds. The maximum atomic E-state index is 12.0. The van der Waals surface area contributed by atoms with Crippen LogP contribution in [-0.2, 0) is 0 Å². The number of carbonyl (C=O) groups is 1. The van der Waals surface area contributed by atoms with Crippen molar-refractivity contribution < 1.29 is 9.53 Å². The van der Waals surface area contributed by atoms with Gasteiger partial charge in [0.25, 0.3) is 0 Å². The van der Waals surface area contributed by atoms with Gasteiger partial charge in [0, 0.05) is 18.0 Å². The van der Waals surface area contributed by atoms with Crippen molar-refractivity contribution >= 4 is 5.78 Å². The molecule has 0 radical (unpaired) electrons. The summed E-state index contributed by atoms with van der Waals surface area (Å²) in [5, 5.41) is 3.18. The Kier molecular flexibility index (Phi) is 4.99. The van der Waals surface area contributed by atoms with E-state index in [4.69, 9.17) is 4.74 Å². The van der Waals surface area contributed by atoms with Gasteiger partial charge < -0.3 is 10.1 Å². The highest BCUT2D eigenvalue weighted by molar-refractivity contribution is 5.97. The molecule has 1 rings (SSSR count). The number of nitrogens with one attached hydrogen (secondary N) is 1. The maximum absolute atomic E-state index is 12.0. The summed E-state index contributed by atoms with van der Waals surface area (Å²) in [6.45, 7) is 5.58. The third-order valence-corrected chi connectivity index (χ3v) is 2.52. The molecule has 0 bridgehead atoms. The van der Waals surface area contributed by atoms with Gasteiger partial charge >= 0.3 is 0 Å². The first-order valence-electron chi connectivity index (χ1n) is 5.58. The van der Waals surface area contributed by atoms with Crippen molar-refractivity contribution in [2.75, 3.05) is 20.2 Å². The maximum Gasteiger partial charge on any atom is 0.166 e. The zero-order chi connectivity index (χ0) is 12.0. The zero-order valence-corrected chi connectivity index (χ0v) is 10.1. The first kappa shape index (κ1) is 12.7. The Morgan fingerprint density at radius 1 is 1.38 bits per heavy atom. The fourth-order valence-electron chi connectivity index (χ4n) is 1.49. The lowest BCUT2D eigenvalue weighted by Crippen LogP contribution is -2.26. The second kappa shape index (κ2) is 6.28. The minimum absolute atomic E-state index is 0.00773. The van der Waals surface area contributed by atoms with Gasteiger partial charge in [-0.15, -0.1) is 0 Å². The zero-order valence-electron chi connectivity index (χ0n) is 10.1. The van der Waals surface area contributed by atoms with E-state index < -0.39 is 0 Å². The minimum Gasteiger partial charge on any atom is -0.497 e. The van der Waals surface area contributed by atoms with Gasteiger partial charge in [-0.3, -0.25) is 4.79 Å². The quantitative estimate of drug-likeness (QED) is 0.748.